The highest BCUT2D eigenvalue weighted by Crippen LogP contribution is 2.34. The first kappa shape index (κ1) is 13.4. The number of hydrogen-bond donors (Lipinski definition) is 3. The fourth-order valence-electron chi connectivity index (χ4n) is 2.80. The monoisotopic (exact) mass is 275 g/mol. The zero-order valence-corrected chi connectivity index (χ0v) is 12.0. The maximum Gasteiger partial charge on any atom is 0.323 e. The summed E-state index contributed by atoms with van der Waals surface area (Å²) in [6, 6.07) is 6.23. The summed E-state index contributed by atoms with van der Waals surface area (Å²) in [6.07, 6.45) is 3.52. The highest BCUT2D eigenvalue weighted by atomic mass is 16.5. The van der Waals surface area contributed by atoms with Gasteiger partial charge in [0.05, 0.1) is 16.6 Å². The van der Waals surface area contributed by atoms with Crippen molar-refractivity contribution in [1.29, 1.82) is 0 Å². The van der Waals surface area contributed by atoms with E-state index >= 15 is 0 Å². The van der Waals surface area contributed by atoms with Crippen LogP contribution in [0.1, 0.15) is 37.8 Å². The molecule has 0 bridgehead atoms. The van der Waals surface area contributed by atoms with E-state index in [-0.39, 0.29) is 17.3 Å². The van der Waals surface area contributed by atoms with Crippen molar-refractivity contribution in [3.63, 3.8) is 0 Å². The highest BCUT2D eigenvalue weighted by Gasteiger charge is 2.36. The Hall–Kier alpha value is -1.59. The molecule has 1 aromatic carbocycles. The minimum atomic E-state index is -0.162. The molecular weight excluding hydrogens is 254 g/mol. The molecule has 5 heteroatoms. The quantitative estimate of drug-likeness (QED) is 0.782. The number of fused-ring (bicyclic) bond motifs is 1. The smallest absolute Gasteiger partial charge is 0.323 e. The van der Waals surface area contributed by atoms with Crippen LogP contribution in [0.3, 0.4) is 0 Å². The predicted molar refractivity (Wildman–Crippen MR) is 78.9 cm³/mol. The Balaban J connectivity index is 1.71. The number of imidazole rings is 1. The lowest BCUT2D eigenvalue weighted by atomic mass is 9.80. The number of aromatic amines is 2. The maximum atomic E-state index is 11.3. The van der Waals surface area contributed by atoms with Crippen molar-refractivity contribution < 1.29 is 4.74 Å². The summed E-state index contributed by atoms with van der Waals surface area (Å²) in [7, 11) is 1.79. The van der Waals surface area contributed by atoms with E-state index in [1.54, 1.807) is 7.11 Å². The second kappa shape index (κ2) is 5.07. The van der Waals surface area contributed by atoms with Gasteiger partial charge in [-0.25, -0.2) is 4.79 Å². The van der Waals surface area contributed by atoms with Gasteiger partial charge in [0.1, 0.15) is 0 Å². The van der Waals surface area contributed by atoms with Gasteiger partial charge in [-0.2, -0.15) is 0 Å². The summed E-state index contributed by atoms with van der Waals surface area (Å²) in [5.41, 5.74) is 2.73. The van der Waals surface area contributed by atoms with Crippen molar-refractivity contribution in [2.75, 3.05) is 13.7 Å². The van der Waals surface area contributed by atoms with Crippen LogP contribution in [0.4, 0.5) is 0 Å². The van der Waals surface area contributed by atoms with Gasteiger partial charge in [0, 0.05) is 19.7 Å². The first-order valence-electron chi connectivity index (χ1n) is 7.12. The number of ether oxygens (including phenoxy) is 1. The fraction of sp³-hybridized carbons (Fsp3) is 0.533. The highest BCUT2D eigenvalue weighted by molar-refractivity contribution is 5.75. The average molecular weight is 275 g/mol. The average Bonchev–Trinajstić information content (AvgIpc) is 2.76. The third-order valence-corrected chi connectivity index (χ3v) is 4.47. The molecule has 0 spiro atoms. The van der Waals surface area contributed by atoms with Crippen molar-refractivity contribution in [3.05, 3.63) is 34.2 Å². The Bertz CT molecular complexity index is 649. The maximum absolute atomic E-state index is 11.3. The third kappa shape index (κ3) is 2.39. The number of methoxy groups -OCH3 is 1. The molecule has 1 aliphatic rings. The Morgan fingerprint density at radius 3 is 2.75 bits per heavy atom. The summed E-state index contributed by atoms with van der Waals surface area (Å²) in [6.45, 7) is 3.00. The van der Waals surface area contributed by atoms with Gasteiger partial charge in [0.25, 0.3) is 0 Å². The molecule has 108 valence electrons. The van der Waals surface area contributed by atoms with Crippen LogP contribution in [0.25, 0.3) is 11.0 Å². The van der Waals surface area contributed by atoms with Crippen molar-refractivity contribution in [2.24, 2.45) is 0 Å². The van der Waals surface area contributed by atoms with Crippen LogP contribution in [-0.2, 0) is 4.74 Å². The van der Waals surface area contributed by atoms with Crippen LogP contribution in [0.15, 0.2) is 23.0 Å². The second-order valence-electron chi connectivity index (χ2n) is 5.73. The van der Waals surface area contributed by atoms with E-state index in [9.17, 15) is 4.79 Å². The van der Waals surface area contributed by atoms with E-state index in [1.165, 1.54) is 12.0 Å². The van der Waals surface area contributed by atoms with Crippen molar-refractivity contribution in [2.45, 2.75) is 37.8 Å². The van der Waals surface area contributed by atoms with Crippen LogP contribution < -0.4 is 11.0 Å². The van der Waals surface area contributed by atoms with Gasteiger partial charge in [0.15, 0.2) is 0 Å². The third-order valence-electron chi connectivity index (χ3n) is 4.47. The number of nitrogens with one attached hydrogen (secondary N) is 3. The first-order valence-corrected chi connectivity index (χ1v) is 7.12. The molecule has 0 aliphatic heterocycles. The van der Waals surface area contributed by atoms with Crippen LogP contribution in [0.5, 0.6) is 0 Å². The summed E-state index contributed by atoms with van der Waals surface area (Å²) >= 11 is 0. The largest absolute Gasteiger partial charge is 0.377 e. The van der Waals surface area contributed by atoms with E-state index in [0.717, 1.165) is 30.4 Å². The molecule has 0 saturated heterocycles. The van der Waals surface area contributed by atoms with E-state index < -0.39 is 0 Å². The van der Waals surface area contributed by atoms with E-state index in [4.69, 9.17) is 4.74 Å². The molecule has 2 aromatic rings. The van der Waals surface area contributed by atoms with Crippen LogP contribution in [-0.4, -0.2) is 29.2 Å². The number of rotatable bonds is 5. The van der Waals surface area contributed by atoms with Crippen LogP contribution in [0.2, 0.25) is 0 Å². The molecule has 0 amide bonds. The van der Waals surface area contributed by atoms with Gasteiger partial charge in [-0.3, -0.25) is 0 Å². The minimum absolute atomic E-state index is 0.0285. The zero-order valence-electron chi connectivity index (χ0n) is 12.0. The zero-order chi connectivity index (χ0) is 14.2. The van der Waals surface area contributed by atoms with Crippen LogP contribution >= 0.6 is 0 Å². The molecular formula is C15H21N3O2. The fourth-order valence-corrected chi connectivity index (χ4v) is 2.80. The summed E-state index contributed by atoms with van der Waals surface area (Å²) < 4.78 is 5.62. The Kier molecular flexibility index (Phi) is 3.40. The number of H-pyrrole nitrogens is 2. The van der Waals surface area contributed by atoms with Crippen molar-refractivity contribution >= 4 is 11.0 Å². The molecule has 5 nitrogen and oxygen atoms in total. The molecule has 1 heterocycles. The number of aromatic nitrogens is 2. The topological polar surface area (TPSA) is 69.9 Å². The standard InChI is InChI=1S/C15H21N3O2/c1-10(16-9-15(20-2)6-3-7-15)11-4-5-12-13(8-11)18-14(19)17-12/h4-5,8,10,16H,3,6-7,9H2,1-2H3,(H2,17,18,19). The SMILES string of the molecule is COC1(CNC(C)c2ccc3[nH]c(=O)[nH]c3c2)CCC1. The van der Waals surface area contributed by atoms with Gasteiger partial charge in [-0.05, 0) is 43.9 Å². The van der Waals surface area contributed by atoms with E-state index in [2.05, 4.69) is 22.2 Å². The molecule has 1 aromatic heterocycles. The van der Waals surface area contributed by atoms with Gasteiger partial charge >= 0.3 is 5.69 Å². The van der Waals surface area contributed by atoms with E-state index in [1.807, 2.05) is 18.2 Å². The molecule has 1 atom stereocenters. The lowest BCUT2D eigenvalue weighted by Crippen LogP contribution is -2.48. The molecule has 1 aliphatic carbocycles. The predicted octanol–water partition coefficient (Wildman–Crippen LogP) is 2.08. The summed E-state index contributed by atoms with van der Waals surface area (Å²) in [4.78, 5) is 16.8. The van der Waals surface area contributed by atoms with Gasteiger partial charge in [0.2, 0.25) is 0 Å². The van der Waals surface area contributed by atoms with Gasteiger partial charge in [-0.15, -0.1) is 0 Å². The lowest BCUT2D eigenvalue weighted by Gasteiger charge is -2.41. The van der Waals surface area contributed by atoms with Gasteiger partial charge < -0.3 is 20.0 Å². The van der Waals surface area contributed by atoms with E-state index in [0.29, 0.717) is 0 Å². The molecule has 20 heavy (non-hydrogen) atoms. The van der Waals surface area contributed by atoms with Crippen molar-refractivity contribution in [1.82, 2.24) is 15.3 Å². The Morgan fingerprint density at radius 2 is 2.10 bits per heavy atom. The molecule has 1 saturated carbocycles. The first-order chi connectivity index (χ1) is 9.62. The lowest BCUT2D eigenvalue weighted by molar-refractivity contribution is -0.0706. The minimum Gasteiger partial charge on any atom is -0.377 e. The Morgan fingerprint density at radius 1 is 1.35 bits per heavy atom. The molecule has 0 radical (unpaired) electrons. The Labute approximate surface area is 117 Å². The summed E-state index contributed by atoms with van der Waals surface area (Å²) in [5, 5.41) is 3.54. The number of benzene rings is 1. The molecule has 3 rings (SSSR count). The van der Waals surface area contributed by atoms with Crippen LogP contribution in [0, 0.1) is 0 Å². The molecule has 3 N–H and O–H groups in total. The summed E-state index contributed by atoms with van der Waals surface area (Å²) in [5.74, 6) is 0. The second-order valence-corrected chi connectivity index (χ2v) is 5.73. The normalized spacial score (nSPS) is 18.9. The van der Waals surface area contributed by atoms with Gasteiger partial charge in [-0.1, -0.05) is 6.07 Å². The molecule has 1 fully saturated rings. The number of hydrogen-bond acceptors (Lipinski definition) is 3. The molecule has 1 unspecified atom stereocenters. The van der Waals surface area contributed by atoms with Crippen molar-refractivity contribution in [3.8, 4) is 0 Å².